The first-order valence-corrected chi connectivity index (χ1v) is 12.6. The number of ether oxygens (including phenoxy) is 1. The number of hydrogen-bond acceptors (Lipinski definition) is 6. The SMILES string of the molecule is CC[C@@H](c1cccc(C#N)c1)n1c(COC(C)C)nc(O)c(C(=O)N2CC[C@H](c3ccccc3)C2)c1=O. The number of amides is 1. The number of hydrogen-bond donors (Lipinski definition) is 1. The Bertz CT molecular complexity index is 1360. The van der Waals surface area contributed by atoms with Gasteiger partial charge in [0.05, 0.1) is 23.8 Å². The van der Waals surface area contributed by atoms with E-state index in [0.717, 1.165) is 17.5 Å². The van der Waals surface area contributed by atoms with Crippen LogP contribution in [0.4, 0.5) is 0 Å². The van der Waals surface area contributed by atoms with E-state index in [2.05, 4.69) is 11.1 Å². The lowest BCUT2D eigenvalue weighted by atomic mass is 9.99. The molecule has 8 heteroatoms. The first-order chi connectivity index (χ1) is 17.8. The molecule has 37 heavy (non-hydrogen) atoms. The second-order valence-corrected chi connectivity index (χ2v) is 9.57. The Morgan fingerprint density at radius 2 is 1.97 bits per heavy atom. The van der Waals surface area contributed by atoms with Gasteiger partial charge in [-0.15, -0.1) is 0 Å². The molecule has 1 N–H and O–H groups in total. The van der Waals surface area contributed by atoms with Crippen LogP contribution in [0.1, 0.15) is 78.4 Å². The summed E-state index contributed by atoms with van der Waals surface area (Å²) in [5, 5.41) is 20.2. The molecule has 0 bridgehead atoms. The quantitative estimate of drug-likeness (QED) is 0.492. The van der Waals surface area contributed by atoms with Crippen molar-refractivity contribution in [2.45, 2.75) is 58.3 Å². The maximum absolute atomic E-state index is 13.9. The molecule has 0 saturated carbocycles. The zero-order valence-electron chi connectivity index (χ0n) is 21.4. The van der Waals surface area contributed by atoms with Crippen molar-refractivity contribution >= 4 is 5.91 Å². The van der Waals surface area contributed by atoms with Gasteiger partial charge in [-0.25, -0.2) is 0 Å². The Balaban J connectivity index is 1.76. The summed E-state index contributed by atoms with van der Waals surface area (Å²) in [7, 11) is 0. The second kappa shape index (κ2) is 11.4. The average molecular weight is 501 g/mol. The van der Waals surface area contributed by atoms with Crippen molar-refractivity contribution in [1.82, 2.24) is 14.5 Å². The molecule has 0 spiro atoms. The van der Waals surface area contributed by atoms with E-state index in [9.17, 15) is 20.0 Å². The molecule has 1 aromatic heterocycles. The summed E-state index contributed by atoms with van der Waals surface area (Å²) < 4.78 is 7.18. The van der Waals surface area contributed by atoms with Crippen molar-refractivity contribution < 1.29 is 14.6 Å². The average Bonchev–Trinajstić information content (AvgIpc) is 3.40. The number of likely N-dealkylation sites (tertiary alicyclic amines) is 1. The van der Waals surface area contributed by atoms with E-state index in [1.165, 1.54) is 4.57 Å². The largest absolute Gasteiger partial charge is 0.493 e. The predicted octanol–water partition coefficient (Wildman–Crippen LogP) is 4.37. The normalized spacial score (nSPS) is 16.1. The van der Waals surface area contributed by atoms with Gasteiger partial charge in [0.25, 0.3) is 11.5 Å². The predicted molar refractivity (Wildman–Crippen MR) is 139 cm³/mol. The molecule has 2 atom stereocenters. The van der Waals surface area contributed by atoms with Gasteiger partial charge in [-0.3, -0.25) is 14.2 Å². The molecule has 0 radical (unpaired) electrons. The molecule has 0 unspecified atom stereocenters. The highest BCUT2D eigenvalue weighted by Gasteiger charge is 2.33. The van der Waals surface area contributed by atoms with Gasteiger partial charge in [-0.1, -0.05) is 49.4 Å². The molecule has 0 aliphatic carbocycles. The number of carbonyl (C=O) groups is 1. The number of carbonyl (C=O) groups excluding carboxylic acids is 1. The van der Waals surface area contributed by atoms with Gasteiger partial charge < -0.3 is 14.7 Å². The van der Waals surface area contributed by atoms with Crippen molar-refractivity contribution in [2.75, 3.05) is 13.1 Å². The molecule has 1 saturated heterocycles. The molecule has 192 valence electrons. The summed E-state index contributed by atoms with van der Waals surface area (Å²) in [6.07, 6.45) is 1.15. The molecule has 1 aliphatic heterocycles. The minimum Gasteiger partial charge on any atom is -0.493 e. The summed E-state index contributed by atoms with van der Waals surface area (Å²) in [5.74, 6) is -0.722. The summed E-state index contributed by atoms with van der Waals surface area (Å²) in [6.45, 7) is 6.58. The van der Waals surface area contributed by atoms with Crippen molar-refractivity contribution in [3.63, 3.8) is 0 Å². The zero-order valence-corrected chi connectivity index (χ0v) is 21.4. The van der Waals surface area contributed by atoms with Gasteiger partial charge in [-0.2, -0.15) is 10.2 Å². The van der Waals surface area contributed by atoms with Gasteiger partial charge >= 0.3 is 0 Å². The van der Waals surface area contributed by atoms with Gasteiger partial charge in [0, 0.05) is 19.0 Å². The van der Waals surface area contributed by atoms with E-state index >= 15 is 0 Å². The molecule has 1 aliphatic rings. The van der Waals surface area contributed by atoms with E-state index in [1.54, 1.807) is 23.1 Å². The van der Waals surface area contributed by atoms with E-state index < -0.39 is 23.4 Å². The minimum absolute atomic E-state index is 0.0107. The molecule has 1 fully saturated rings. The van der Waals surface area contributed by atoms with E-state index in [-0.39, 0.29) is 30.0 Å². The number of nitriles is 1. The molecule has 3 aromatic rings. The lowest BCUT2D eigenvalue weighted by Crippen LogP contribution is -2.39. The highest BCUT2D eigenvalue weighted by Crippen LogP contribution is 2.30. The molecule has 4 rings (SSSR count). The van der Waals surface area contributed by atoms with Gasteiger partial charge in [0.1, 0.15) is 12.4 Å². The van der Waals surface area contributed by atoms with Crippen LogP contribution in [-0.4, -0.2) is 44.7 Å². The number of aromatic nitrogens is 2. The fraction of sp³-hybridized carbons (Fsp3) is 0.379. The molecule has 8 nitrogen and oxygen atoms in total. The Hall–Kier alpha value is -3.96. The molecular weight excluding hydrogens is 468 g/mol. The second-order valence-electron chi connectivity index (χ2n) is 9.57. The Labute approximate surface area is 216 Å². The fourth-order valence-electron chi connectivity index (χ4n) is 4.90. The summed E-state index contributed by atoms with van der Waals surface area (Å²) >= 11 is 0. The van der Waals surface area contributed by atoms with Crippen LogP contribution < -0.4 is 5.56 Å². The Kier molecular flexibility index (Phi) is 8.04. The van der Waals surface area contributed by atoms with Crippen LogP contribution in [-0.2, 0) is 11.3 Å². The molecular formula is C29H32N4O4. The van der Waals surface area contributed by atoms with Crippen LogP contribution in [0.5, 0.6) is 5.88 Å². The van der Waals surface area contributed by atoms with Crippen molar-refractivity contribution in [3.05, 3.63) is 93.0 Å². The van der Waals surface area contributed by atoms with E-state index in [4.69, 9.17) is 4.74 Å². The van der Waals surface area contributed by atoms with Crippen molar-refractivity contribution in [1.29, 1.82) is 5.26 Å². The third kappa shape index (κ3) is 5.57. The first kappa shape index (κ1) is 26.1. The fourth-order valence-corrected chi connectivity index (χ4v) is 4.90. The summed E-state index contributed by atoms with van der Waals surface area (Å²) in [4.78, 5) is 33.4. The Morgan fingerprint density at radius 3 is 2.65 bits per heavy atom. The summed E-state index contributed by atoms with van der Waals surface area (Å²) in [5.41, 5.74) is 1.40. The van der Waals surface area contributed by atoms with Crippen LogP contribution in [0.2, 0.25) is 0 Å². The van der Waals surface area contributed by atoms with E-state index in [1.807, 2.05) is 57.2 Å². The van der Waals surface area contributed by atoms with Gasteiger partial charge in [0.2, 0.25) is 5.88 Å². The number of rotatable bonds is 8. The van der Waals surface area contributed by atoms with Crippen LogP contribution in [0, 0.1) is 11.3 Å². The van der Waals surface area contributed by atoms with E-state index in [0.29, 0.717) is 25.1 Å². The zero-order chi connectivity index (χ0) is 26.5. The van der Waals surface area contributed by atoms with Gasteiger partial charge in [0.15, 0.2) is 5.56 Å². The van der Waals surface area contributed by atoms with Gasteiger partial charge in [-0.05, 0) is 49.9 Å². The monoisotopic (exact) mass is 500 g/mol. The lowest BCUT2D eigenvalue weighted by molar-refractivity contribution is 0.0572. The standard InChI is InChI=1S/C29H32N4O4/c1-4-24(22-12-8-9-20(15-22)16-30)33-25(18-37-19(2)3)31-27(34)26(29(33)36)28(35)32-14-13-23(17-32)21-10-6-5-7-11-21/h5-12,15,19,23-24,34H,4,13-14,17-18H2,1-3H3/t23-,24-/m0/s1. The highest BCUT2D eigenvalue weighted by molar-refractivity contribution is 5.96. The minimum atomic E-state index is -0.614. The number of aromatic hydroxyl groups is 1. The van der Waals surface area contributed by atoms with Crippen molar-refractivity contribution in [2.24, 2.45) is 0 Å². The first-order valence-electron chi connectivity index (χ1n) is 12.6. The smallest absolute Gasteiger partial charge is 0.270 e. The lowest BCUT2D eigenvalue weighted by Gasteiger charge is -2.25. The number of nitrogens with zero attached hydrogens (tertiary/aromatic N) is 4. The van der Waals surface area contributed by atoms with Crippen LogP contribution in [0.15, 0.2) is 59.4 Å². The molecule has 2 heterocycles. The van der Waals surface area contributed by atoms with Crippen LogP contribution in [0.25, 0.3) is 0 Å². The molecule has 1 amide bonds. The van der Waals surface area contributed by atoms with Crippen LogP contribution in [0.3, 0.4) is 0 Å². The number of benzene rings is 2. The third-order valence-electron chi connectivity index (χ3n) is 6.77. The maximum atomic E-state index is 13.9. The summed E-state index contributed by atoms with van der Waals surface area (Å²) in [6, 6.07) is 18.6. The van der Waals surface area contributed by atoms with Crippen LogP contribution >= 0.6 is 0 Å². The highest BCUT2D eigenvalue weighted by atomic mass is 16.5. The maximum Gasteiger partial charge on any atom is 0.270 e. The Morgan fingerprint density at radius 1 is 1.22 bits per heavy atom. The molecule has 2 aromatic carbocycles. The topological polar surface area (TPSA) is 108 Å². The van der Waals surface area contributed by atoms with Crippen molar-refractivity contribution in [3.8, 4) is 11.9 Å². The third-order valence-corrected chi connectivity index (χ3v) is 6.77.